The molecule has 0 aliphatic rings. The highest BCUT2D eigenvalue weighted by Crippen LogP contribution is 2.09. The van der Waals surface area contributed by atoms with Crippen molar-refractivity contribution in [3.8, 4) is 0 Å². The Morgan fingerprint density at radius 3 is 2.93 bits per heavy atom. The second-order valence-corrected chi connectivity index (χ2v) is 3.08. The van der Waals surface area contributed by atoms with Crippen LogP contribution < -0.4 is 5.32 Å². The van der Waals surface area contributed by atoms with Crippen LogP contribution in [-0.4, -0.2) is 31.5 Å². The van der Waals surface area contributed by atoms with Crippen molar-refractivity contribution in [1.29, 1.82) is 0 Å². The van der Waals surface area contributed by atoms with Gasteiger partial charge in [0.2, 0.25) is 0 Å². The van der Waals surface area contributed by atoms with Crippen molar-refractivity contribution in [3.05, 3.63) is 29.8 Å². The van der Waals surface area contributed by atoms with Crippen molar-refractivity contribution in [1.82, 2.24) is 30.9 Å². The topological polar surface area (TPSA) is 99.3 Å². The molecular formula is C8H10N6O. The fourth-order valence-corrected chi connectivity index (χ4v) is 1.16. The Hall–Kier alpha value is -2.18. The third-order valence-electron chi connectivity index (χ3n) is 2.01. The molecule has 78 valence electrons. The molecular weight excluding hydrogens is 196 g/mol. The molecule has 0 aliphatic heterocycles. The second-order valence-electron chi connectivity index (χ2n) is 3.08. The highest BCUT2D eigenvalue weighted by Gasteiger charge is 2.13. The molecule has 2 heterocycles. The molecule has 2 aromatic heterocycles. The molecule has 0 saturated carbocycles. The highest BCUT2D eigenvalue weighted by molar-refractivity contribution is 5.92. The second kappa shape index (κ2) is 3.91. The lowest BCUT2D eigenvalue weighted by Crippen LogP contribution is -2.26. The first-order valence-electron chi connectivity index (χ1n) is 4.42. The van der Waals surface area contributed by atoms with E-state index < -0.39 is 0 Å². The van der Waals surface area contributed by atoms with Crippen molar-refractivity contribution in [2.24, 2.45) is 0 Å². The first kappa shape index (κ1) is 9.38. The summed E-state index contributed by atoms with van der Waals surface area (Å²) in [6, 6.07) is -0.118. The lowest BCUT2D eigenvalue weighted by atomic mass is 10.2. The van der Waals surface area contributed by atoms with Gasteiger partial charge in [-0.25, -0.2) is 0 Å². The van der Waals surface area contributed by atoms with Crippen molar-refractivity contribution in [2.75, 3.05) is 0 Å². The Morgan fingerprint density at radius 1 is 1.47 bits per heavy atom. The summed E-state index contributed by atoms with van der Waals surface area (Å²) in [5.74, 6) is -0.266. The standard InChI is InChI=1S/C8H10N6O/c1-5(6-2-9-10-3-6)12-8(15)7-4-11-14-13-7/h2-5H,1H3,(H,9,10)(H,12,15)(H,11,13,14). The van der Waals surface area contributed by atoms with E-state index >= 15 is 0 Å². The van der Waals surface area contributed by atoms with Crippen LogP contribution >= 0.6 is 0 Å². The summed E-state index contributed by atoms with van der Waals surface area (Å²) in [7, 11) is 0. The molecule has 1 unspecified atom stereocenters. The molecule has 7 heteroatoms. The van der Waals surface area contributed by atoms with Gasteiger partial charge in [-0.15, -0.1) is 0 Å². The molecule has 7 nitrogen and oxygen atoms in total. The zero-order valence-corrected chi connectivity index (χ0v) is 8.06. The molecule has 0 aromatic carbocycles. The van der Waals surface area contributed by atoms with E-state index in [-0.39, 0.29) is 17.6 Å². The van der Waals surface area contributed by atoms with Gasteiger partial charge in [-0.2, -0.15) is 20.5 Å². The Balaban J connectivity index is 2.01. The third-order valence-corrected chi connectivity index (χ3v) is 2.01. The number of amides is 1. The number of aromatic amines is 2. The fraction of sp³-hybridized carbons (Fsp3) is 0.250. The maximum absolute atomic E-state index is 11.5. The molecule has 0 radical (unpaired) electrons. The van der Waals surface area contributed by atoms with Gasteiger partial charge in [0, 0.05) is 11.8 Å². The van der Waals surface area contributed by atoms with Gasteiger partial charge in [0.15, 0.2) is 5.69 Å². The van der Waals surface area contributed by atoms with E-state index in [0.29, 0.717) is 0 Å². The maximum Gasteiger partial charge on any atom is 0.273 e. The van der Waals surface area contributed by atoms with Crippen molar-refractivity contribution < 1.29 is 4.79 Å². The first-order chi connectivity index (χ1) is 7.27. The van der Waals surface area contributed by atoms with Crippen molar-refractivity contribution >= 4 is 5.91 Å². The van der Waals surface area contributed by atoms with Crippen LogP contribution in [0.3, 0.4) is 0 Å². The molecule has 0 aliphatic carbocycles. The average Bonchev–Trinajstić information content (AvgIpc) is 2.91. The Kier molecular flexibility index (Phi) is 2.44. The number of hydrogen-bond donors (Lipinski definition) is 3. The quantitative estimate of drug-likeness (QED) is 0.659. The van der Waals surface area contributed by atoms with Crippen molar-refractivity contribution in [2.45, 2.75) is 13.0 Å². The zero-order valence-electron chi connectivity index (χ0n) is 8.06. The molecule has 0 saturated heterocycles. The molecule has 0 bridgehead atoms. The maximum atomic E-state index is 11.5. The van der Waals surface area contributed by atoms with E-state index in [1.807, 2.05) is 6.92 Å². The summed E-state index contributed by atoms with van der Waals surface area (Å²) < 4.78 is 0. The van der Waals surface area contributed by atoms with Crippen LogP contribution in [0.2, 0.25) is 0 Å². The molecule has 0 spiro atoms. The van der Waals surface area contributed by atoms with E-state index in [9.17, 15) is 4.79 Å². The number of carbonyl (C=O) groups excluding carboxylic acids is 1. The van der Waals surface area contributed by atoms with Crippen LogP contribution in [-0.2, 0) is 0 Å². The smallest absolute Gasteiger partial charge is 0.273 e. The summed E-state index contributed by atoms with van der Waals surface area (Å²) in [4.78, 5) is 11.5. The zero-order chi connectivity index (χ0) is 10.7. The van der Waals surface area contributed by atoms with Gasteiger partial charge in [0.05, 0.1) is 18.4 Å². The number of hydrogen-bond acceptors (Lipinski definition) is 4. The van der Waals surface area contributed by atoms with Gasteiger partial charge in [-0.1, -0.05) is 0 Å². The van der Waals surface area contributed by atoms with Gasteiger partial charge in [-0.05, 0) is 6.92 Å². The van der Waals surface area contributed by atoms with Crippen molar-refractivity contribution in [3.63, 3.8) is 0 Å². The molecule has 2 aromatic rings. The molecule has 1 atom stereocenters. The number of rotatable bonds is 3. The monoisotopic (exact) mass is 206 g/mol. The predicted molar refractivity (Wildman–Crippen MR) is 50.9 cm³/mol. The number of carbonyl (C=O) groups is 1. The Labute approximate surface area is 85.3 Å². The predicted octanol–water partition coefficient (Wildman–Crippen LogP) is 0.0188. The van der Waals surface area contributed by atoms with Gasteiger partial charge < -0.3 is 5.32 Å². The Bertz CT molecular complexity index is 420. The van der Waals surface area contributed by atoms with Crippen LogP contribution in [0, 0.1) is 0 Å². The van der Waals surface area contributed by atoms with Crippen LogP contribution in [0.5, 0.6) is 0 Å². The highest BCUT2D eigenvalue weighted by atomic mass is 16.2. The first-order valence-corrected chi connectivity index (χ1v) is 4.42. The number of nitrogens with zero attached hydrogens (tertiary/aromatic N) is 3. The van der Waals surface area contributed by atoms with Crippen LogP contribution in [0.25, 0.3) is 0 Å². The van der Waals surface area contributed by atoms with Gasteiger partial charge in [0.25, 0.3) is 5.91 Å². The molecule has 1 amide bonds. The number of nitrogens with one attached hydrogen (secondary N) is 3. The minimum Gasteiger partial charge on any atom is -0.344 e. The minimum atomic E-state index is -0.266. The average molecular weight is 206 g/mol. The summed E-state index contributed by atoms with van der Waals surface area (Å²) >= 11 is 0. The number of H-pyrrole nitrogens is 2. The Morgan fingerprint density at radius 2 is 2.33 bits per heavy atom. The lowest BCUT2D eigenvalue weighted by Gasteiger charge is -2.09. The van der Waals surface area contributed by atoms with Crippen LogP contribution in [0.4, 0.5) is 0 Å². The van der Waals surface area contributed by atoms with E-state index in [2.05, 4.69) is 30.9 Å². The molecule has 3 N–H and O–H groups in total. The SMILES string of the molecule is CC(NC(=O)c1cn[nH]n1)c1cn[nH]c1. The van der Waals surface area contributed by atoms with E-state index in [1.165, 1.54) is 6.20 Å². The molecule has 15 heavy (non-hydrogen) atoms. The largest absolute Gasteiger partial charge is 0.344 e. The summed E-state index contributed by atoms with van der Waals surface area (Å²) in [6.07, 6.45) is 4.76. The van der Waals surface area contributed by atoms with E-state index in [0.717, 1.165) is 5.56 Å². The fourth-order valence-electron chi connectivity index (χ4n) is 1.16. The molecule has 2 rings (SSSR count). The molecule has 0 fully saturated rings. The van der Waals surface area contributed by atoms with Crippen LogP contribution in [0.15, 0.2) is 18.6 Å². The van der Waals surface area contributed by atoms with Gasteiger partial charge in [0.1, 0.15) is 0 Å². The minimum absolute atomic E-state index is 0.118. The third kappa shape index (κ3) is 2.01. The summed E-state index contributed by atoms with van der Waals surface area (Å²) in [6.45, 7) is 1.86. The summed E-state index contributed by atoms with van der Waals surface area (Å²) in [5, 5.41) is 18.9. The lowest BCUT2D eigenvalue weighted by molar-refractivity contribution is 0.0935. The van der Waals surface area contributed by atoms with Gasteiger partial charge in [-0.3, -0.25) is 9.89 Å². The summed E-state index contributed by atoms with van der Waals surface area (Å²) in [5.41, 5.74) is 1.18. The normalized spacial score (nSPS) is 12.3. The van der Waals surface area contributed by atoms with Gasteiger partial charge >= 0.3 is 0 Å². The van der Waals surface area contributed by atoms with E-state index in [4.69, 9.17) is 0 Å². The number of aromatic nitrogens is 5. The van der Waals surface area contributed by atoms with Crippen LogP contribution in [0.1, 0.15) is 29.0 Å². The van der Waals surface area contributed by atoms with E-state index in [1.54, 1.807) is 12.4 Å².